The van der Waals surface area contributed by atoms with E-state index in [2.05, 4.69) is 43.8 Å². The van der Waals surface area contributed by atoms with Crippen LogP contribution in [-0.2, 0) is 0 Å². The first-order valence-electron chi connectivity index (χ1n) is 4.66. The highest BCUT2D eigenvalue weighted by Gasteiger charge is 2.05. The molecule has 12 heavy (non-hydrogen) atoms. The third-order valence-corrected chi connectivity index (χ3v) is 1.97. The molecule has 0 fully saturated rings. The zero-order valence-corrected chi connectivity index (χ0v) is 8.15. The molecule has 0 bridgehead atoms. The van der Waals surface area contributed by atoms with Gasteiger partial charge in [-0.1, -0.05) is 27.2 Å². The number of allylic oxidation sites excluding steroid dienone is 4. The van der Waals surface area contributed by atoms with Crippen LogP contribution in [-0.4, -0.2) is 0 Å². The lowest BCUT2D eigenvalue weighted by atomic mass is 10.1. The molecule has 68 valence electrons. The Morgan fingerprint density at radius 1 is 1.25 bits per heavy atom. The third kappa shape index (κ3) is 2.29. The number of hydrazine groups is 1. The first-order chi connectivity index (χ1) is 5.74. The molecule has 0 saturated heterocycles. The molecule has 0 radical (unpaired) electrons. The summed E-state index contributed by atoms with van der Waals surface area (Å²) in [6, 6.07) is 0. The fourth-order valence-electron chi connectivity index (χ4n) is 1.18. The molecule has 0 saturated carbocycles. The highest BCUT2D eigenvalue weighted by Crippen LogP contribution is 2.11. The van der Waals surface area contributed by atoms with E-state index in [1.807, 2.05) is 0 Å². The predicted octanol–water partition coefficient (Wildman–Crippen LogP) is 2.32. The maximum absolute atomic E-state index is 3.20. The second kappa shape index (κ2) is 4.19. The Labute approximate surface area is 74.7 Å². The largest absolute Gasteiger partial charge is 0.305 e. The van der Waals surface area contributed by atoms with Crippen molar-refractivity contribution in [3.63, 3.8) is 0 Å². The van der Waals surface area contributed by atoms with Crippen molar-refractivity contribution in [3.8, 4) is 0 Å². The molecule has 1 aliphatic rings. The molecule has 1 heterocycles. The molecule has 2 heteroatoms. The zero-order chi connectivity index (χ0) is 8.97. The van der Waals surface area contributed by atoms with Gasteiger partial charge in [0.05, 0.1) is 0 Å². The molecule has 2 N–H and O–H groups in total. The van der Waals surface area contributed by atoms with E-state index in [1.54, 1.807) is 0 Å². The lowest BCUT2D eigenvalue weighted by Crippen LogP contribution is -2.34. The summed E-state index contributed by atoms with van der Waals surface area (Å²) in [5.74, 6) is 0.567. The number of hydrogen-bond acceptors (Lipinski definition) is 2. The summed E-state index contributed by atoms with van der Waals surface area (Å²) in [6.45, 7) is 6.54. The molecule has 1 aliphatic heterocycles. The minimum Gasteiger partial charge on any atom is -0.305 e. The first-order valence-corrected chi connectivity index (χ1v) is 4.66. The van der Waals surface area contributed by atoms with E-state index in [1.165, 1.54) is 17.8 Å². The first kappa shape index (κ1) is 9.17. The summed E-state index contributed by atoms with van der Waals surface area (Å²) in [5.41, 5.74) is 8.93. The van der Waals surface area contributed by atoms with E-state index in [4.69, 9.17) is 0 Å². The van der Waals surface area contributed by atoms with E-state index in [0.717, 1.165) is 6.42 Å². The van der Waals surface area contributed by atoms with Gasteiger partial charge in [0.1, 0.15) is 0 Å². The molecule has 0 spiro atoms. The van der Waals surface area contributed by atoms with Gasteiger partial charge in [-0.05, 0) is 24.5 Å². The number of nitrogens with one attached hydrogen (secondary N) is 2. The quantitative estimate of drug-likeness (QED) is 0.672. The monoisotopic (exact) mass is 166 g/mol. The molecule has 0 aliphatic carbocycles. The van der Waals surface area contributed by atoms with Gasteiger partial charge in [-0.3, -0.25) is 0 Å². The maximum atomic E-state index is 3.20. The van der Waals surface area contributed by atoms with Crippen LogP contribution in [0.25, 0.3) is 0 Å². The van der Waals surface area contributed by atoms with Crippen LogP contribution in [0.4, 0.5) is 0 Å². The molecule has 0 unspecified atom stereocenters. The van der Waals surface area contributed by atoms with Crippen molar-refractivity contribution in [1.82, 2.24) is 10.9 Å². The minimum absolute atomic E-state index is 0.567. The highest BCUT2D eigenvalue weighted by atomic mass is 15.4. The lowest BCUT2D eigenvalue weighted by molar-refractivity contribution is 0.569. The van der Waals surface area contributed by atoms with Crippen molar-refractivity contribution in [1.29, 1.82) is 0 Å². The van der Waals surface area contributed by atoms with Gasteiger partial charge >= 0.3 is 0 Å². The van der Waals surface area contributed by atoms with Crippen molar-refractivity contribution < 1.29 is 0 Å². The SMILES string of the molecule is CCCC1=CC=C(C(C)C)NN1. The fraction of sp³-hybridized carbons (Fsp3) is 0.600. The molecule has 0 aromatic carbocycles. The standard InChI is InChI=1S/C10H18N2/c1-4-5-9-6-7-10(8(2)3)12-11-9/h6-8,11-12H,4-5H2,1-3H3. The summed E-state index contributed by atoms with van der Waals surface area (Å²) >= 11 is 0. The van der Waals surface area contributed by atoms with Crippen LogP contribution in [0.1, 0.15) is 33.6 Å². The Hall–Kier alpha value is -0.920. The smallest absolute Gasteiger partial charge is 0.0339 e. The van der Waals surface area contributed by atoms with Crippen LogP contribution in [0.5, 0.6) is 0 Å². The van der Waals surface area contributed by atoms with Gasteiger partial charge in [0.15, 0.2) is 0 Å². The average molecular weight is 166 g/mol. The molecular formula is C10H18N2. The van der Waals surface area contributed by atoms with Gasteiger partial charge in [-0.2, -0.15) is 0 Å². The van der Waals surface area contributed by atoms with E-state index in [0.29, 0.717) is 5.92 Å². The van der Waals surface area contributed by atoms with Crippen molar-refractivity contribution in [2.45, 2.75) is 33.6 Å². The van der Waals surface area contributed by atoms with E-state index in [9.17, 15) is 0 Å². The Morgan fingerprint density at radius 2 is 2.00 bits per heavy atom. The van der Waals surface area contributed by atoms with Gasteiger partial charge < -0.3 is 10.9 Å². The Kier molecular flexibility index (Phi) is 3.20. The van der Waals surface area contributed by atoms with Crippen LogP contribution in [0.3, 0.4) is 0 Å². The van der Waals surface area contributed by atoms with E-state index in [-0.39, 0.29) is 0 Å². The fourth-order valence-corrected chi connectivity index (χ4v) is 1.18. The molecule has 0 aromatic heterocycles. The predicted molar refractivity (Wildman–Crippen MR) is 52.2 cm³/mol. The molecule has 0 amide bonds. The maximum Gasteiger partial charge on any atom is 0.0339 e. The number of hydrogen-bond donors (Lipinski definition) is 2. The number of rotatable bonds is 3. The second-order valence-electron chi connectivity index (χ2n) is 3.47. The van der Waals surface area contributed by atoms with Crippen molar-refractivity contribution in [2.24, 2.45) is 5.92 Å². The van der Waals surface area contributed by atoms with Crippen LogP contribution in [0, 0.1) is 5.92 Å². The summed E-state index contributed by atoms with van der Waals surface area (Å²) < 4.78 is 0. The van der Waals surface area contributed by atoms with E-state index < -0.39 is 0 Å². The van der Waals surface area contributed by atoms with Crippen LogP contribution < -0.4 is 10.9 Å². The molecule has 1 rings (SSSR count). The van der Waals surface area contributed by atoms with Crippen molar-refractivity contribution in [2.75, 3.05) is 0 Å². The van der Waals surface area contributed by atoms with Gasteiger partial charge in [0.25, 0.3) is 0 Å². The summed E-state index contributed by atoms with van der Waals surface area (Å²) in [6.07, 6.45) is 6.63. The Morgan fingerprint density at radius 3 is 2.42 bits per heavy atom. The topological polar surface area (TPSA) is 24.1 Å². The van der Waals surface area contributed by atoms with Gasteiger partial charge in [0, 0.05) is 11.4 Å². The average Bonchev–Trinajstić information content (AvgIpc) is 2.06. The highest BCUT2D eigenvalue weighted by molar-refractivity contribution is 5.21. The molecule has 0 aromatic rings. The molecular weight excluding hydrogens is 148 g/mol. The Balaban J connectivity index is 2.54. The lowest BCUT2D eigenvalue weighted by Gasteiger charge is -2.21. The van der Waals surface area contributed by atoms with Crippen LogP contribution in [0.15, 0.2) is 23.5 Å². The van der Waals surface area contributed by atoms with Crippen molar-refractivity contribution in [3.05, 3.63) is 23.5 Å². The summed E-state index contributed by atoms with van der Waals surface area (Å²) in [4.78, 5) is 0. The molecule has 2 nitrogen and oxygen atoms in total. The third-order valence-electron chi connectivity index (χ3n) is 1.97. The van der Waals surface area contributed by atoms with Crippen molar-refractivity contribution >= 4 is 0 Å². The van der Waals surface area contributed by atoms with Crippen LogP contribution in [0.2, 0.25) is 0 Å². The van der Waals surface area contributed by atoms with E-state index >= 15 is 0 Å². The second-order valence-corrected chi connectivity index (χ2v) is 3.47. The zero-order valence-electron chi connectivity index (χ0n) is 8.15. The molecule has 0 atom stereocenters. The van der Waals surface area contributed by atoms with Gasteiger partial charge in [-0.25, -0.2) is 0 Å². The van der Waals surface area contributed by atoms with Crippen LogP contribution >= 0.6 is 0 Å². The minimum atomic E-state index is 0.567. The summed E-state index contributed by atoms with van der Waals surface area (Å²) in [7, 11) is 0. The Bertz CT molecular complexity index is 202. The van der Waals surface area contributed by atoms with Gasteiger partial charge in [0.2, 0.25) is 0 Å². The normalized spacial score (nSPS) is 16.3. The van der Waals surface area contributed by atoms with Gasteiger partial charge in [-0.15, -0.1) is 0 Å². The summed E-state index contributed by atoms with van der Waals surface area (Å²) in [5, 5.41) is 0.